The van der Waals surface area contributed by atoms with E-state index in [-0.39, 0.29) is 24.9 Å². The molecule has 33 heavy (non-hydrogen) atoms. The quantitative estimate of drug-likeness (QED) is 0.643. The van der Waals surface area contributed by atoms with Crippen molar-refractivity contribution in [2.24, 2.45) is 0 Å². The highest BCUT2D eigenvalue weighted by atomic mass is 32.2. The van der Waals surface area contributed by atoms with Crippen molar-refractivity contribution in [1.29, 1.82) is 0 Å². The summed E-state index contributed by atoms with van der Waals surface area (Å²) in [5.41, 5.74) is 4.59. The van der Waals surface area contributed by atoms with Crippen LogP contribution in [0.1, 0.15) is 36.8 Å². The number of carbonyl (C=O) groups is 3. The number of benzene rings is 2. The second-order valence-corrected chi connectivity index (χ2v) is 9.45. The number of hydrogen-bond acceptors (Lipinski definition) is 5. The maximum atomic E-state index is 12.8. The topological polar surface area (TPSA) is 95.9 Å². The number of ether oxygens (including phenoxy) is 1. The maximum Gasteiger partial charge on any atom is 0.407 e. The molecule has 174 valence electrons. The number of fused-ring (bicyclic) bond motifs is 3. The molecule has 7 nitrogen and oxygen atoms in total. The van der Waals surface area contributed by atoms with E-state index in [0.717, 1.165) is 22.3 Å². The molecular weight excluding hydrogens is 440 g/mol. The van der Waals surface area contributed by atoms with E-state index >= 15 is 0 Å². The van der Waals surface area contributed by atoms with Gasteiger partial charge >= 0.3 is 12.1 Å². The fraction of sp³-hybridized carbons (Fsp3) is 0.400. The lowest BCUT2D eigenvalue weighted by molar-refractivity contribution is -0.149. The van der Waals surface area contributed by atoms with Crippen LogP contribution in [-0.2, 0) is 14.3 Å². The molecule has 0 saturated carbocycles. The predicted octanol–water partition coefficient (Wildman–Crippen LogP) is 3.72. The molecule has 8 heteroatoms. The van der Waals surface area contributed by atoms with Crippen LogP contribution in [0.2, 0.25) is 0 Å². The lowest BCUT2D eigenvalue weighted by Gasteiger charge is -2.33. The molecule has 1 heterocycles. The van der Waals surface area contributed by atoms with Crippen molar-refractivity contribution in [3.8, 4) is 11.1 Å². The van der Waals surface area contributed by atoms with Gasteiger partial charge in [-0.15, -0.1) is 0 Å². The Bertz CT molecular complexity index is 997. The number of amides is 2. The molecule has 2 N–H and O–H groups in total. The second-order valence-electron chi connectivity index (χ2n) is 8.30. The normalized spacial score (nSPS) is 18.2. The minimum Gasteiger partial charge on any atom is -0.480 e. The van der Waals surface area contributed by atoms with Crippen molar-refractivity contribution in [1.82, 2.24) is 10.2 Å². The van der Waals surface area contributed by atoms with Gasteiger partial charge in [-0.3, -0.25) is 4.79 Å². The van der Waals surface area contributed by atoms with Crippen molar-refractivity contribution in [3.05, 3.63) is 59.7 Å². The van der Waals surface area contributed by atoms with Crippen LogP contribution in [0.15, 0.2) is 48.5 Å². The molecule has 0 spiro atoms. The second kappa shape index (κ2) is 10.3. The van der Waals surface area contributed by atoms with E-state index in [9.17, 15) is 19.5 Å². The van der Waals surface area contributed by atoms with Crippen LogP contribution in [0.25, 0.3) is 11.1 Å². The summed E-state index contributed by atoms with van der Waals surface area (Å²) in [6, 6.07) is 15.0. The summed E-state index contributed by atoms with van der Waals surface area (Å²) in [6.45, 7) is 2.49. The Morgan fingerprint density at radius 2 is 1.76 bits per heavy atom. The van der Waals surface area contributed by atoms with E-state index < -0.39 is 24.1 Å². The van der Waals surface area contributed by atoms with Gasteiger partial charge in [0.05, 0.1) is 0 Å². The molecule has 2 atom stereocenters. The zero-order valence-electron chi connectivity index (χ0n) is 18.5. The molecule has 1 saturated heterocycles. The molecular formula is C25H28N2O5S. The molecule has 2 aromatic rings. The van der Waals surface area contributed by atoms with Crippen molar-refractivity contribution in [2.45, 2.75) is 37.8 Å². The van der Waals surface area contributed by atoms with Crippen LogP contribution in [-0.4, -0.2) is 64.7 Å². The Morgan fingerprint density at radius 3 is 2.36 bits per heavy atom. The number of nitrogens with one attached hydrogen (secondary N) is 1. The average molecular weight is 469 g/mol. The number of thioether (sulfide) groups is 1. The largest absolute Gasteiger partial charge is 0.480 e. The lowest BCUT2D eigenvalue weighted by atomic mass is 9.98. The van der Waals surface area contributed by atoms with E-state index in [4.69, 9.17) is 4.74 Å². The Morgan fingerprint density at radius 1 is 1.12 bits per heavy atom. The van der Waals surface area contributed by atoms with Crippen molar-refractivity contribution >= 4 is 29.7 Å². The number of carboxylic acids is 1. The number of hydrogen-bond donors (Lipinski definition) is 2. The summed E-state index contributed by atoms with van der Waals surface area (Å²) in [4.78, 5) is 38.2. The molecule has 1 aliphatic carbocycles. The van der Waals surface area contributed by atoms with E-state index in [1.165, 1.54) is 16.7 Å². The standard InChI is InChI=1S/C25H28N2O5S/c1-2-16(13-23(28)27-11-12-33-15-22(27)24(29)30)26-25(31)32-14-21-19-9-5-3-7-17(19)18-8-4-6-10-20(18)21/h3-10,16,21-22H,2,11-15H2,1H3,(H,26,31)(H,29,30)/t16-,22?/m0/s1. The highest BCUT2D eigenvalue weighted by Gasteiger charge is 2.33. The fourth-order valence-corrected chi connectivity index (χ4v) is 5.58. The van der Waals surface area contributed by atoms with Gasteiger partial charge < -0.3 is 20.1 Å². The predicted molar refractivity (Wildman–Crippen MR) is 127 cm³/mol. The first-order valence-electron chi connectivity index (χ1n) is 11.2. The van der Waals surface area contributed by atoms with Crippen molar-refractivity contribution in [3.63, 3.8) is 0 Å². The first kappa shape index (κ1) is 23.2. The summed E-state index contributed by atoms with van der Waals surface area (Å²) in [7, 11) is 0. The third kappa shape index (κ3) is 5.00. The van der Waals surface area contributed by atoms with Gasteiger partial charge in [-0.1, -0.05) is 55.5 Å². The molecule has 0 aromatic heterocycles. The minimum atomic E-state index is -0.993. The molecule has 4 rings (SSSR count). The average Bonchev–Trinajstić information content (AvgIpc) is 3.16. The molecule has 1 aliphatic heterocycles. The third-order valence-electron chi connectivity index (χ3n) is 6.31. The summed E-state index contributed by atoms with van der Waals surface area (Å²) in [5.74, 6) is -0.183. The first-order chi connectivity index (χ1) is 16.0. The van der Waals surface area contributed by atoms with Crippen molar-refractivity contribution < 1.29 is 24.2 Å². The third-order valence-corrected chi connectivity index (χ3v) is 7.34. The molecule has 2 amide bonds. The highest BCUT2D eigenvalue weighted by molar-refractivity contribution is 7.99. The Labute approximate surface area is 197 Å². The zero-order chi connectivity index (χ0) is 23.4. The van der Waals surface area contributed by atoms with Gasteiger partial charge in [-0.05, 0) is 28.7 Å². The minimum absolute atomic E-state index is 0.0352. The van der Waals surface area contributed by atoms with Crippen LogP contribution in [0.4, 0.5) is 4.79 Å². The molecule has 0 radical (unpaired) electrons. The van der Waals surface area contributed by atoms with Crippen LogP contribution in [0, 0.1) is 0 Å². The van der Waals surface area contributed by atoms with E-state index in [1.54, 1.807) is 0 Å². The van der Waals surface area contributed by atoms with Crippen LogP contribution in [0.3, 0.4) is 0 Å². The van der Waals surface area contributed by atoms with Crippen LogP contribution < -0.4 is 5.32 Å². The number of aliphatic carboxylic acids is 1. The van der Waals surface area contributed by atoms with E-state index in [2.05, 4.69) is 29.6 Å². The number of nitrogens with zero attached hydrogens (tertiary/aromatic N) is 1. The summed E-state index contributed by atoms with van der Waals surface area (Å²) in [6.07, 6.45) is 0.0197. The van der Waals surface area contributed by atoms with Gasteiger partial charge in [-0.2, -0.15) is 11.8 Å². The maximum absolute atomic E-state index is 12.8. The number of carbonyl (C=O) groups excluding carboxylic acids is 2. The van der Waals surface area contributed by atoms with E-state index in [0.29, 0.717) is 24.5 Å². The SMILES string of the molecule is CC[C@@H](CC(=O)N1CCSCC1C(=O)O)NC(=O)OCC1c2ccccc2-c2ccccc21. The van der Waals surface area contributed by atoms with Crippen molar-refractivity contribution in [2.75, 3.05) is 24.7 Å². The molecule has 1 unspecified atom stereocenters. The Kier molecular flexibility index (Phi) is 7.23. The molecule has 1 fully saturated rings. The van der Waals surface area contributed by atoms with Crippen LogP contribution in [0.5, 0.6) is 0 Å². The number of rotatable bonds is 7. The fourth-order valence-electron chi connectivity index (χ4n) is 4.54. The zero-order valence-corrected chi connectivity index (χ0v) is 19.3. The summed E-state index contributed by atoms with van der Waals surface area (Å²) >= 11 is 1.53. The number of carboxylic acid groups (broad SMARTS) is 1. The Balaban J connectivity index is 1.35. The van der Waals surface area contributed by atoms with Crippen LogP contribution >= 0.6 is 11.8 Å². The molecule has 2 aliphatic rings. The molecule has 2 aromatic carbocycles. The van der Waals surface area contributed by atoms with Gasteiger partial charge in [0.25, 0.3) is 0 Å². The van der Waals surface area contributed by atoms with Gasteiger partial charge in [0.15, 0.2) is 0 Å². The molecule has 0 bridgehead atoms. The summed E-state index contributed by atoms with van der Waals surface area (Å²) in [5, 5.41) is 12.2. The van der Waals surface area contributed by atoms with Gasteiger partial charge in [0.1, 0.15) is 12.6 Å². The van der Waals surface area contributed by atoms with Gasteiger partial charge in [0.2, 0.25) is 5.91 Å². The number of alkyl carbamates (subject to hydrolysis) is 1. The smallest absolute Gasteiger partial charge is 0.407 e. The van der Waals surface area contributed by atoms with Gasteiger partial charge in [-0.25, -0.2) is 9.59 Å². The first-order valence-corrected chi connectivity index (χ1v) is 12.4. The highest BCUT2D eigenvalue weighted by Crippen LogP contribution is 2.44. The van der Waals surface area contributed by atoms with Gasteiger partial charge in [0, 0.05) is 36.4 Å². The van der Waals surface area contributed by atoms with E-state index in [1.807, 2.05) is 31.2 Å². The Hall–Kier alpha value is -3.00. The lowest BCUT2D eigenvalue weighted by Crippen LogP contribution is -2.52. The summed E-state index contributed by atoms with van der Waals surface area (Å²) < 4.78 is 5.59. The monoisotopic (exact) mass is 468 g/mol.